The molecule has 26 heavy (non-hydrogen) atoms. The minimum Gasteiger partial charge on any atom is -0.311 e. The van der Waals surface area contributed by atoms with E-state index in [9.17, 15) is 19.2 Å². The standard InChI is InChI=1S/C18H22N4O4/c1-11(23)13(12-9-7-6-8-10-12)14(24)22-16(26)21(5)18(3)17(22,2)19-15(25)20(18)4/h6-10,13H,1-5H3,(H,19,25)/t13?,17-,18+/m1/s1. The Bertz CT molecular complexity index is 811. The van der Waals surface area contributed by atoms with Crippen LogP contribution >= 0.6 is 0 Å². The first kappa shape index (κ1) is 17.9. The van der Waals surface area contributed by atoms with Crippen molar-refractivity contribution in [2.24, 2.45) is 0 Å². The number of hydrogen-bond donors (Lipinski definition) is 1. The van der Waals surface area contributed by atoms with E-state index in [4.69, 9.17) is 0 Å². The summed E-state index contributed by atoms with van der Waals surface area (Å²) in [6.07, 6.45) is 0. The molecule has 138 valence electrons. The lowest BCUT2D eigenvalue weighted by molar-refractivity contribution is -0.139. The second-order valence-corrected chi connectivity index (χ2v) is 7.05. The number of rotatable bonds is 3. The van der Waals surface area contributed by atoms with E-state index in [-0.39, 0.29) is 5.78 Å². The van der Waals surface area contributed by atoms with Gasteiger partial charge in [0.15, 0.2) is 11.3 Å². The summed E-state index contributed by atoms with van der Waals surface area (Å²) in [5, 5.41) is 2.74. The number of ketones is 1. The Morgan fingerprint density at radius 1 is 1.04 bits per heavy atom. The van der Waals surface area contributed by atoms with Crippen LogP contribution in [0.3, 0.4) is 0 Å². The Morgan fingerprint density at radius 2 is 1.62 bits per heavy atom. The Morgan fingerprint density at radius 3 is 2.15 bits per heavy atom. The monoisotopic (exact) mass is 358 g/mol. The van der Waals surface area contributed by atoms with E-state index in [0.717, 1.165) is 4.90 Å². The van der Waals surface area contributed by atoms with E-state index < -0.39 is 35.2 Å². The third-order valence-electron chi connectivity index (χ3n) is 5.82. The number of carbonyl (C=O) groups excluding carboxylic acids is 4. The van der Waals surface area contributed by atoms with Crippen molar-refractivity contribution in [3.05, 3.63) is 35.9 Å². The summed E-state index contributed by atoms with van der Waals surface area (Å²) in [7, 11) is 3.11. The number of carbonyl (C=O) groups is 4. The van der Waals surface area contributed by atoms with E-state index in [1.807, 2.05) is 0 Å². The summed E-state index contributed by atoms with van der Waals surface area (Å²) in [4.78, 5) is 54.5. The van der Waals surface area contributed by atoms with Crippen LogP contribution < -0.4 is 5.32 Å². The van der Waals surface area contributed by atoms with Gasteiger partial charge in [-0.3, -0.25) is 9.59 Å². The second kappa shape index (κ2) is 5.55. The molecule has 8 heteroatoms. The summed E-state index contributed by atoms with van der Waals surface area (Å²) in [5.74, 6) is -2.13. The van der Waals surface area contributed by atoms with Crippen LogP contribution in [0.4, 0.5) is 9.59 Å². The normalized spacial score (nSPS) is 28.9. The molecule has 3 rings (SSSR count). The first-order valence-corrected chi connectivity index (χ1v) is 8.30. The number of urea groups is 2. The highest BCUT2D eigenvalue weighted by molar-refractivity contribution is 6.12. The number of likely N-dealkylation sites (N-methyl/N-ethyl adjacent to an activating group) is 2. The molecule has 0 bridgehead atoms. The van der Waals surface area contributed by atoms with Gasteiger partial charge in [-0.15, -0.1) is 0 Å². The molecule has 0 aromatic heterocycles. The first-order chi connectivity index (χ1) is 12.1. The van der Waals surface area contributed by atoms with Gasteiger partial charge >= 0.3 is 12.1 Å². The van der Waals surface area contributed by atoms with Crippen molar-refractivity contribution in [2.75, 3.05) is 14.1 Å². The number of imide groups is 1. The lowest BCUT2D eigenvalue weighted by atomic mass is 9.91. The van der Waals surface area contributed by atoms with Crippen molar-refractivity contribution in [3.63, 3.8) is 0 Å². The molecule has 0 radical (unpaired) electrons. The van der Waals surface area contributed by atoms with E-state index in [2.05, 4.69) is 5.32 Å². The predicted molar refractivity (Wildman–Crippen MR) is 93.0 cm³/mol. The van der Waals surface area contributed by atoms with Gasteiger partial charge in [0.2, 0.25) is 5.91 Å². The number of nitrogens with zero attached hydrogens (tertiary/aromatic N) is 3. The molecule has 2 aliphatic heterocycles. The van der Waals surface area contributed by atoms with E-state index in [1.165, 1.54) is 23.8 Å². The number of Topliss-reactive ketones (excluding diaryl/α,β-unsaturated/α-hetero) is 1. The van der Waals surface area contributed by atoms with E-state index in [1.54, 1.807) is 51.2 Å². The Balaban J connectivity index is 2.10. The maximum Gasteiger partial charge on any atom is 0.330 e. The fourth-order valence-electron chi connectivity index (χ4n) is 3.92. The molecule has 8 nitrogen and oxygen atoms in total. The lowest BCUT2D eigenvalue weighted by Crippen LogP contribution is -2.64. The van der Waals surface area contributed by atoms with Gasteiger partial charge in [-0.2, -0.15) is 0 Å². The molecule has 2 fully saturated rings. The van der Waals surface area contributed by atoms with Crippen molar-refractivity contribution in [1.29, 1.82) is 0 Å². The maximum absolute atomic E-state index is 13.3. The van der Waals surface area contributed by atoms with Crippen LogP contribution in [0.2, 0.25) is 0 Å². The van der Waals surface area contributed by atoms with Crippen molar-refractivity contribution >= 4 is 23.8 Å². The molecule has 2 heterocycles. The van der Waals surface area contributed by atoms with Crippen LogP contribution in [0.25, 0.3) is 0 Å². The molecule has 1 unspecified atom stereocenters. The van der Waals surface area contributed by atoms with Gasteiger partial charge in [0.05, 0.1) is 0 Å². The number of fused-ring (bicyclic) bond motifs is 1. The lowest BCUT2D eigenvalue weighted by Gasteiger charge is -2.41. The Hall–Kier alpha value is -2.90. The van der Waals surface area contributed by atoms with Crippen LogP contribution in [0.15, 0.2) is 30.3 Å². The molecular weight excluding hydrogens is 336 g/mol. The molecule has 0 spiro atoms. The highest BCUT2D eigenvalue weighted by Gasteiger charge is 2.71. The van der Waals surface area contributed by atoms with Crippen molar-refractivity contribution in [3.8, 4) is 0 Å². The maximum atomic E-state index is 13.3. The topological polar surface area (TPSA) is 90.0 Å². The fraction of sp³-hybridized carbons (Fsp3) is 0.444. The van der Waals surface area contributed by atoms with Gasteiger partial charge in [0.25, 0.3) is 0 Å². The van der Waals surface area contributed by atoms with Crippen molar-refractivity contribution in [1.82, 2.24) is 20.0 Å². The zero-order valence-electron chi connectivity index (χ0n) is 15.4. The summed E-state index contributed by atoms with van der Waals surface area (Å²) >= 11 is 0. The number of benzene rings is 1. The highest BCUT2D eigenvalue weighted by atomic mass is 16.2. The number of hydrogen-bond acceptors (Lipinski definition) is 4. The molecule has 2 aliphatic rings. The van der Waals surface area contributed by atoms with Crippen LogP contribution in [-0.4, -0.2) is 63.9 Å². The summed E-state index contributed by atoms with van der Waals surface area (Å²) < 4.78 is 0. The largest absolute Gasteiger partial charge is 0.330 e. The molecule has 5 amide bonds. The third-order valence-corrected chi connectivity index (χ3v) is 5.82. The smallest absolute Gasteiger partial charge is 0.311 e. The molecule has 1 aromatic carbocycles. The van der Waals surface area contributed by atoms with Crippen LogP contribution in [0.5, 0.6) is 0 Å². The number of amides is 5. The summed E-state index contributed by atoms with van der Waals surface area (Å²) in [6, 6.07) is 7.63. The quantitative estimate of drug-likeness (QED) is 0.826. The minimum absolute atomic E-state index is 0.369. The molecule has 3 atom stereocenters. The van der Waals surface area contributed by atoms with Gasteiger partial charge < -0.3 is 15.1 Å². The fourth-order valence-corrected chi connectivity index (χ4v) is 3.92. The van der Waals surface area contributed by atoms with E-state index in [0.29, 0.717) is 5.56 Å². The molecule has 2 saturated heterocycles. The summed E-state index contributed by atoms with van der Waals surface area (Å²) in [5.41, 5.74) is -1.87. The van der Waals surface area contributed by atoms with Crippen molar-refractivity contribution in [2.45, 2.75) is 38.0 Å². The van der Waals surface area contributed by atoms with Gasteiger partial charge in [-0.05, 0) is 26.3 Å². The average Bonchev–Trinajstić information content (AvgIpc) is 2.85. The summed E-state index contributed by atoms with van der Waals surface area (Å²) in [6.45, 7) is 4.65. The van der Waals surface area contributed by atoms with Gasteiger partial charge in [-0.1, -0.05) is 30.3 Å². The molecule has 1 N–H and O–H groups in total. The van der Waals surface area contributed by atoms with Gasteiger partial charge in [0.1, 0.15) is 11.7 Å². The van der Waals surface area contributed by atoms with Crippen LogP contribution in [0, 0.1) is 0 Å². The van der Waals surface area contributed by atoms with Crippen LogP contribution in [0.1, 0.15) is 32.3 Å². The van der Waals surface area contributed by atoms with E-state index >= 15 is 0 Å². The zero-order chi connectivity index (χ0) is 19.4. The first-order valence-electron chi connectivity index (χ1n) is 8.30. The third kappa shape index (κ3) is 2.01. The SMILES string of the molecule is CC(=O)C(C(=O)N1C(=O)N(C)[C@]2(C)N(C)C(=O)N[C@]12C)c1ccccc1. The second-order valence-electron chi connectivity index (χ2n) is 7.05. The molecule has 0 aliphatic carbocycles. The minimum atomic E-state index is -1.30. The molecule has 0 saturated carbocycles. The highest BCUT2D eigenvalue weighted by Crippen LogP contribution is 2.45. The zero-order valence-corrected chi connectivity index (χ0v) is 15.4. The van der Waals surface area contributed by atoms with Gasteiger partial charge in [0, 0.05) is 14.1 Å². The molecular formula is C18H22N4O4. The van der Waals surface area contributed by atoms with Crippen LogP contribution in [-0.2, 0) is 9.59 Å². The number of nitrogens with one attached hydrogen (secondary N) is 1. The van der Waals surface area contributed by atoms with Crippen molar-refractivity contribution < 1.29 is 19.2 Å². The van der Waals surface area contributed by atoms with Gasteiger partial charge in [-0.25, -0.2) is 14.5 Å². The average molecular weight is 358 g/mol. The predicted octanol–water partition coefficient (Wildman–Crippen LogP) is 1.34. The Kier molecular flexibility index (Phi) is 3.82. The molecule has 1 aromatic rings. The Labute approximate surface area is 151 Å².